The Kier molecular flexibility index (Phi) is 6.29. The highest BCUT2D eigenvalue weighted by Crippen LogP contribution is 2.20. The van der Waals surface area contributed by atoms with Gasteiger partial charge in [0.15, 0.2) is 6.61 Å². The molecule has 6 heteroatoms. The minimum atomic E-state index is -0.475. The number of hydrogen-bond donors (Lipinski definition) is 1. The predicted molar refractivity (Wildman–Crippen MR) is 88.5 cm³/mol. The molecule has 0 heterocycles. The maximum absolute atomic E-state index is 12.8. The average Bonchev–Trinajstić information content (AvgIpc) is 2.54. The highest BCUT2D eigenvalue weighted by Gasteiger charge is 2.09. The van der Waals surface area contributed by atoms with E-state index in [4.69, 9.17) is 4.74 Å². The van der Waals surface area contributed by atoms with E-state index >= 15 is 0 Å². The van der Waals surface area contributed by atoms with Gasteiger partial charge in [-0.05, 0) is 52.2 Å². The first kappa shape index (κ1) is 17.1. The Hall–Kier alpha value is -2.21. The summed E-state index contributed by atoms with van der Waals surface area (Å²) in [5, 5.41) is 2.64. The number of amides is 1. The molecule has 0 radical (unpaired) electrons. The maximum Gasteiger partial charge on any atom is 0.306 e. The average molecular weight is 380 g/mol. The van der Waals surface area contributed by atoms with Crippen LogP contribution in [-0.4, -0.2) is 18.5 Å². The minimum absolute atomic E-state index is 0.133. The third-order valence-corrected chi connectivity index (χ3v) is 3.73. The van der Waals surface area contributed by atoms with Crippen LogP contribution in [0.4, 0.5) is 10.1 Å². The summed E-state index contributed by atoms with van der Waals surface area (Å²) in [5.74, 6) is -1.20. The van der Waals surface area contributed by atoms with Crippen molar-refractivity contribution >= 4 is 33.5 Å². The van der Waals surface area contributed by atoms with Gasteiger partial charge in [0.2, 0.25) is 0 Å². The SMILES string of the molecule is O=C(COC(=O)CCc1ccc(F)cc1)Nc1ccccc1Br. The van der Waals surface area contributed by atoms with Crippen LogP contribution in [0.15, 0.2) is 53.0 Å². The van der Waals surface area contributed by atoms with Crippen molar-refractivity contribution in [2.75, 3.05) is 11.9 Å². The smallest absolute Gasteiger partial charge is 0.306 e. The fourth-order valence-corrected chi connectivity index (χ4v) is 2.25. The molecular weight excluding hydrogens is 365 g/mol. The van der Waals surface area contributed by atoms with Crippen molar-refractivity contribution in [3.05, 3.63) is 64.4 Å². The lowest BCUT2D eigenvalue weighted by Gasteiger charge is -2.08. The molecule has 0 atom stereocenters. The van der Waals surface area contributed by atoms with Gasteiger partial charge in [-0.1, -0.05) is 24.3 Å². The molecule has 2 aromatic rings. The number of anilines is 1. The number of aryl methyl sites for hydroxylation is 1. The van der Waals surface area contributed by atoms with Crippen molar-refractivity contribution in [3.63, 3.8) is 0 Å². The number of halogens is 2. The van der Waals surface area contributed by atoms with E-state index < -0.39 is 11.9 Å². The number of rotatable bonds is 6. The van der Waals surface area contributed by atoms with Crippen LogP contribution >= 0.6 is 15.9 Å². The lowest BCUT2D eigenvalue weighted by atomic mass is 10.1. The summed E-state index contributed by atoms with van der Waals surface area (Å²) in [6.07, 6.45) is 0.568. The molecule has 120 valence electrons. The van der Waals surface area contributed by atoms with Gasteiger partial charge in [-0.15, -0.1) is 0 Å². The van der Waals surface area contributed by atoms with E-state index in [0.29, 0.717) is 12.1 Å². The van der Waals surface area contributed by atoms with Crippen molar-refractivity contribution < 1.29 is 18.7 Å². The van der Waals surface area contributed by atoms with Crippen LogP contribution in [0.1, 0.15) is 12.0 Å². The molecule has 0 aliphatic rings. The summed E-state index contributed by atoms with van der Waals surface area (Å²) in [6.45, 7) is -0.344. The van der Waals surface area contributed by atoms with Crippen LogP contribution in [0, 0.1) is 5.82 Å². The largest absolute Gasteiger partial charge is 0.456 e. The molecule has 2 aromatic carbocycles. The Bertz CT molecular complexity index is 688. The third-order valence-electron chi connectivity index (χ3n) is 3.04. The molecule has 2 rings (SSSR count). The zero-order valence-electron chi connectivity index (χ0n) is 12.2. The fourth-order valence-electron chi connectivity index (χ4n) is 1.86. The second-order valence-corrected chi connectivity index (χ2v) is 5.67. The maximum atomic E-state index is 12.8. The van der Waals surface area contributed by atoms with E-state index in [2.05, 4.69) is 21.2 Å². The predicted octanol–water partition coefficient (Wildman–Crippen LogP) is 3.70. The second-order valence-electron chi connectivity index (χ2n) is 4.82. The van der Waals surface area contributed by atoms with Gasteiger partial charge >= 0.3 is 5.97 Å². The number of esters is 1. The second kappa shape index (κ2) is 8.43. The summed E-state index contributed by atoms with van der Waals surface area (Å²) >= 11 is 3.31. The van der Waals surface area contributed by atoms with Gasteiger partial charge in [-0.3, -0.25) is 9.59 Å². The molecule has 0 unspecified atom stereocenters. The Balaban J connectivity index is 1.72. The molecule has 0 aliphatic heterocycles. The van der Waals surface area contributed by atoms with Crippen molar-refractivity contribution in [3.8, 4) is 0 Å². The first-order valence-electron chi connectivity index (χ1n) is 6.99. The molecule has 0 aliphatic carbocycles. The number of nitrogens with one attached hydrogen (secondary N) is 1. The van der Waals surface area contributed by atoms with Crippen molar-refractivity contribution in [1.82, 2.24) is 0 Å². The van der Waals surface area contributed by atoms with Gasteiger partial charge < -0.3 is 10.1 Å². The number of ether oxygens (including phenoxy) is 1. The van der Waals surface area contributed by atoms with Crippen LogP contribution in [0.25, 0.3) is 0 Å². The van der Waals surface area contributed by atoms with Gasteiger partial charge in [0.1, 0.15) is 5.82 Å². The number of para-hydroxylation sites is 1. The molecule has 0 saturated heterocycles. The van der Waals surface area contributed by atoms with Crippen LogP contribution < -0.4 is 5.32 Å². The standard InChI is InChI=1S/C17H15BrFNO3/c18-14-3-1-2-4-15(14)20-16(21)11-23-17(22)10-7-12-5-8-13(19)9-6-12/h1-6,8-9H,7,10-11H2,(H,20,21). The topological polar surface area (TPSA) is 55.4 Å². The first-order valence-corrected chi connectivity index (χ1v) is 7.78. The lowest BCUT2D eigenvalue weighted by molar-refractivity contribution is -0.147. The molecule has 0 fully saturated rings. The highest BCUT2D eigenvalue weighted by atomic mass is 79.9. The molecule has 4 nitrogen and oxygen atoms in total. The summed E-state index contributed by atoms with van der Waals surface area (Å²) in [6, 6.07) is 13.1. The Labute approximate surface area is 141 Å². The fraction of sp³-hybridized carbons (Fsp3) is 0.176. The summed E-state index contributed by atoms with van der Waals surface area (Å²) in [5.41, 5.74) is 1.45. The summed E-state index contributed by atoms with van der Waals surface area (Å²) in [7, 11) is 0. The zero-order chi connectivity index (χ0) is 16.7. The molecule has 0 saturated carbocycles. The Morgan fingerprint density at radius 2 is 1.78 bits per heavy atom. The van der Waals surface area contributed by atoms with E-state index in [1.807, 2.05) is 6.07 Å². The number of benzene rings is 2. The molecule has 0 bridgehead atoms. The van der Waals surface area contributed by atoms with Crippen LogP contribution in [-0.2, 0) is 20.7 Å². The zero-order valence-corrected chi connectivity index (χ0v) is 13.8. The van der Waals surface area contributed by atoms with E-state index in [1.165, 1.54) is 12.1 Å². The lowest BCUT2D eigenvalue weighted by Crippen LogP contribution is -2.21. The number of carbonyl (C=O) groups is 2. The third kappa shape index (κ3) is 5.83. The van der Waals surface area contributed by atoms with Crippen LogP contribution in [0.3, 0.4) is 0 Å². The normalized spacial score (nSPS) is 10.2. The van der Waals surface area contributed by atoms with Gasteiger partial charge in [0.25, 0.3) is 5.91 Å². The van der Waals surface area contributed by atoms with E-state index in [-0.39, 0.29) is 18.8 Å². The summed E-state index contributed by atoms with van der Waals surface area (Å²) < 4.78 is 18.4. The van der Waals surface area contributed by atoms with E-state index in [0.717, 1.165) is 10.0 Å². The van der Waals surface area contributed by atoms with Crippen molar-refractivity contribution in [1.29, 1.82) is 0 Å². The molecule has 0 aromatic heterocycles. The number of hydrogen-bond acceptors (Lipinski definition) is 3. The molecule has 1 amide bonds. The van der Waals surface area contributed by atoms with Gasteiger partial charge in [0, 0.05) is 10.9 Å². The van der Waals surface area contributed by atoms with Crippen LogP contribution in [0.2, 0.25) is 0 Å². The van der Waals surface area contributed by atoms with Crippen LogP contribution in [0.5, 0.6) is 0 Å². The quantitative estimate of drug-likeness (QED) is 0.778. The monoisotopic (exact) mass is 379 g/mol. The van der Waals surface area contributed by atoms with E-state index in [1.54, 1.807) is 30.3 Å². The van der Waals surface area contributed by atoms with Gasteiger partial charge in [-0.25, -0.2) is 4.39 Å². The highest BCUT2D eigenvalue weighted by molar-refractivity contribution is 9.10. The Morgan fingerprint density at radius 1 is 1.09 bits per heavy atom. The Morgan fingerprint density at radius 3 is 2.48 bits per heavy atom. The summed E-state index contributed by atoms with van der Waals surface area (Å²) in [4.78, 5) is 23.4. The molecule has 0 spiro atoms. The first-order chi connectivity index (χ1) is 11.0. The molecule has 1 N–H and O–H groups in total. The number of carbonyl (C=O) groups excluding carboxylic acids is 2. The minimum Gasteiger partial charge on any atom is -0.456 e. The molecule has 23 heavy (non-hydrogen) atoms. The van der Waals surface area contributed by atoms with E-state index in [9.17, 15) is 14.0 Å². The van der Waals surface area contributed by atoms with Gasteiger partial charge in [0.05, 0.1) is 5.69 Å². The molecular formula is C17H15BrFNO3. The van der Waals surface area contributed by atoms with Gasteiger partial charge in [-0.2, -0.15) is 0 Å². The van der Waals surface area contributed by atoms with Crippen molar-refractivity contribution in [2.45, 2.75) is 12.8 Å². The van der Waals surface area contributed by atoms with Crippen molar-refractivity contribution in [2.24, 2.45) is 0 Å².